The maximum atomic E-state index is 10.8. The van der Waals surface area contributed by atoms with Crippen LogP contribution in [-0.2, 0) is 19.7 Å². The molecule has 0 fully saturated rings. The Labute approximate surface area is 163 Å². The van der Waals surface area contributed by atoms with Crippen molar-refractivity contribution in [3.05, 3.63) is 25.3 Å². The van der Waals surface area contributed by atoms with Crippen molar-refractivity contribution >= 4 is 81.1 Å². The molecule has 0 aromatic rings. The summed E-state index contributed by atoms with van der Waals surface area (Å²) in [6.07, 6.45) is 1.87. The number of amides is 1. The van der Waals surface area contributed by atoms with E-state index < -0.39 is 33.3 Å². The third kappa shape index (κ3) is 23.4. The second kappa shape index (κ2) is 13.0. The Kier molecular flexibility index (Phi) is 18.6. The smallest absolute Gasteiger partial charge is 0.327 e. The van der Waals surface area contributed by atoms with Gasteiger partial charge < -0.3 is 10.4 Å². The first kappa shape index (κ1) is 28.5. The van der Waals surface area contributed by atoms with Gasteiger partial charge in [-0.25, -0.2) is 4.79 Å². The number of hydrogen-bond acceptors (Lipinski definition) is 4. The fraction of sp³-hybridized carbons (Fsp3) is 0.400. The quantitative estimate of drug-likeness (QED) is 0.354. The van der Waals surface area contributed by atoms with Gasteiger partial charge >= 0.3 is 5.97 Å². The molecule has 0 heterocycles. The molecule has 0 saturated carbocycles. The van der Waals surface area contributed by atoms with Gasteiger partial charge in [0, 0.05) is 65.2 Å². The van der Waals surface area contributed by atoms with Crippen LogP contribution in [0.1, 0.15) is 13.8 Å². The first-order valence-corrected chi connectivity index (χ1v) is 6.29. The first-order valence-electron chi connectivity index (χ1n) is 4.68. The number of rotatable bonds is 5. The van der Waals surface area contributed by atoms with Gasteiger partial charge in [-0.05, 0) is 19.9 Å². The maximum absolute atomic E-state index is 10.8. The summed E-state index contributed by atoms with van der Waals surface area (Å²) in [7, 11) is -4.08. The molecular formula is C10H17NNa2O6S. The molecule has 0 aromatic heterocycles. The number of carbonyl (C=O) groups is 2. The standard InChI is InChI=1S/C7H13NO4S.C3H4O2.2Na/c1-4-6(9)8-7(2,3)5-13(10,11)12;1-2-3(4)5;;/h4H,1,5H2,2-3H3,(H,8,9)(H,10,11,12);2H,1H2,(H,4,5);;. The Morgan fingerprint density at radius 1 is 1.20 bits per heavy atom. The molecule has 0 aromatic carbocycles. The number of nitrogens with one attached hydrogen (secondary N) is 1. The van der Waals surface area contributed by atoms with Gasteiger partial charge in [-0.15, -0.1) is 0 Å². The minimum atomic E-state index is -4.08. The summed E-state index contributed by atoms with van der Waals surface area (Å²) in [6.45, 7) is 9.15. The van der Waals surface area contributed by atoms with Crippen LogP contribution in [0.15, 0.2) is 25.3 Å². The Hall–Kier alpha value is 0.330. The Bertz CT molecular complexity index is 433. The van der Waals surface area contributed by atoms with E-state index in [1.54, 1.807) is 0 Å². The van der Waals surface area contributed by atoms with E-state index in [2.05, 4.69) is 18.5 Å². The van der Waals surface area contributed by atoms with Gasteiger partial charge in [-0.2, -0.15) is 8.42 Å². The molecule has 0 aliphatic carbocycles. The van der Waals surface area contributed by atoms with Crippen LogP contribution in [0.3, 0.4) is 0 Å². The number of carbonyl (C=O) groups excluding carboxylic acids is 1. The van der Waals surface area contributed by atoms with Crippen molar-refractivity contribution in [3.8, 4) is 0 Å². The number of aliphatic carboxylic acids is 1. The summed E-state index contributed by atoms with van der Waals surface area (Å²) >= 11 is 0. The summed E-state index contributed by atoms with van der Waals surface area (Å²) < 4.78 is 29.5. The number of carboxylic acid groups (broad SMARTS) is 1. The fourth-order valence-corrected chi connectivity index (χ4v) is 1.86. The molecule has 0 bridgehead atoms. The zero-order chi connectivity index (χ0) is 15.0. The van der Waals surface area contributed by atoms with Crippen molar-refractivity contribution in [2.45, 2.75) is 19.4 Å². The SMILES string of the molecule is C=CC(=O)NC(C)(C)CS(=O)(=O)O.C=CC(=O)O.[Na].[Na]. The van der Waals surface area contributed by atoms with Crippen LogP contribution in [0.25, 0.3) is 0 Å². The van der Waals surface area contributed by atoms with Crippen molar-refractivity contribution in [3.63, 3.8) is 0 Å². The summed E-state index contributed by atoms with van der Waals surface area (Å²) in [5.74, 6) is -1.99. The molecule has 0 aliphatic heterocycles. The molecule has 20 heavy (non-hydrogen) atoms. The molecule has 3 N–H and O–H groups in total. The Balaban J connectivity index is -0.000000158. The van der Waals surface area contributed by atoms with Crippen LogP contribution in [-0.4, -0.2) is 100 Å². The molecule has 0 spiro atoms. The van der Waals surface area contributed by atoms with Crippen LogP contribution < -0.4 is 5.32 Å². The predicted octanol–water partition coefficient (Wildman–Crippen LogP) is -0.550. The van der Waals surface area contributed by atoms with Crippen molar-refractivity contribution in [1.82, 2.24) is 5.32 Å². The summed E-state index contributed by atoms with van der Waals surface area (Å²) in [5, 5.41) is 9.97. The topological polar surface area (TPSA) is 121 Å². The van der Waals surface area contributed by atoms with Crippen LogP contribution in [0.4, 0.5) is 0 Å². The minimum Gasteiger partial charge on any atom is -0.478 e. The van der Waals surface area contributed by atoms with Crippen molar-refractivity contribution < 1.29 is 27.7 Å². The third-order valence-corrected chi connectivity index (χ3v) is 2.45. The average molecular weight is 325 g/mol. The van der Waals surface area contributed by atoms with E-state index >= 15 is 0 Å². The van der Waals surface area contributed by atoms with Crippen LogP contribution in [0.2, 0.25) is 0 Å². The van der Waals surface area contributed by atoms with Gasteiger partial charge in [0.15, 0.2) is 0 Å². The van der Waals surface area contributed by atoms with Gasteiger partial charge in [0.1, 0.15) is 0 Å². The molecule has 0 aliphatic rings. The van der Waals surface area contributed by atoms with Crippen LogP contribution in [0, 0.1) is 0 Å². The second-order valence-electron chi connectivity index (χ2n) is 3.85. The molecule has 0 saturated heterocycles. The molecule has 0 atom stereocenters. The largest absolute Gasteiger partial charge is 0.478 e. The normalized spacial score (nSPS) is 9.55. The van der Waals surface area contributed by atoms with E-state index in [9.17, 15) is 18.0 Å². The van der Waals surface area contributed by atoms with E-state index in [0.717, 1.165) is 12.2 Å². The van der Waals surface area contributed by atoms with Gasteiger partial charge in [0.25, 0.3) is 10.1 Å². The molecule has 2 radical (unpaired) electrons. The van der Waals surface area contributed by atoms with E-state index in [1.165, 1.54) is 13.8 Å². The molecule has 0 rings (SSSR count). The molecule has 1 amide bonds. The fourth-order valence-electron chi connectivity index (χ4n) is 0.877. The monoisotopic (exact) mass is 325 g/mol. The average Bonchev–Trinajstić information content (AvgIpc) is 2.13. The van der Waals surface area contributed by atoms with Crippen LogP contribution >= 0.6 is 0 Å². The first-order chi connectivity index (χ1) is 7.93. The van der Waals surface area contributed by atoms with Crippen molar-refractivity contribution in [2.24, 2.45) is 0 Å². The van der Waals surface area contributed by atoms with Gasteiger partial charge in [-0.1, -0.05) is 13.2 Å². The molecular weight excluding hydrogens is 308 g/mol. The molecule has 7 nitrogen and oxygen atoms in total. The van der Waals surface area contributed by atoms with E-state index in [0.29, 0.717) is 0 Å². The zero-order valence-electron chi connectivity index (χ0n) is 12.2. The third-order valence-electron chi connectivity index (χ3n) is 1.36. The predicted molar refractivity (Wildman–Crippen MR) is 78.2 cm³/mol. The van der Waals surface area contributed by atoms with E-state index in [-0.39, 0.29) is 59.1 Å². The summed E-state index contributed by atoms with van der Waals surface area (Å²) in [4.78, 5) is 20.1. The van der Waals surface area contributed by atoms with Gasteiger partial charge in [0.2, 0.25) is 5.91 Å². The Morgan fingerprint density at radius 2 is 1.55 bits per heavy atom. The Morgan fingerprint density at radius 3 is 1.75 bits per heavy atom. The number of carboxylic acids is 1. The van der Waals surface area contributed by atoms with Gasteiger partial charge in [0.05, 0.1) is 11.3 Å². The molecule has 106 valence electrons. The minimum absolute atomic E-state index is 0. The summed E-state index contributed by atoms with van der Waals surface area (Å²) in [6, 6.07) is 0. The zero-order valence-corrected chi connectivity index (χ0v) is 17.0. The van der Waals surface area contributed by atoms with Crippen molar-refractivity contribution in [2.75, 3.05) is 5.75 Å². The summed E-state index contributed by atoms with van der Waals surface area (Å²) in [5.41, 5.74) is -1.00. The van der Waals surface area contributed by atoms with Gasteiger partial charge in [-0.3, -0.25) is 9.35 Å². The van der Waals surface area contributed by atoms with E-state index in [1.807, 2.05) is 0 Å². The molecule has 10 heteroatoms. The number of hydrogen-bond donors (Lipinski definition) is 3. The van der Waals surface area contributed by atoms with Crippen LogP contribution in [0.5, 0.6) is 0 Å². The second-order valence-corrected chi connectivity index (χ2v) is 5.30. The van der Waals surface area contributed by atoms with Crippen molar-refractivity contribution in [1.29, 1.82) is 0 Å². The molecule has 0 unspecified atom stereocenters. The maximum Gasteiger partial charge on any atom is 0.327 e. The van der Waals surface area contributed by atoms with E-state index in [4.69, 9.17) is 9.66 Å².